The van der Waals surface area contributed by atoms with Crippen LogP contribution >= 0.6 is 22.6 Å². The Morgan fingerprint density at radius 2 is 2.33 bits per heavy atom. The van der Waals surface area contributed by atoms with E-state index in [1.54, 1.807) is 6.20 Å². The topological polar surface area (TPSA) is 29.1 Å². The van der Waals surface area contributed by atoms with Crippen molar-refractivity contribution in [3.05, 3.63) is 9.78 Å². The van der Waals surface area contributed by atoms with E-state index in [2.05, 4.69) is 5.32 Å². The maximum Gasteiger partial charge on any atom is 0.262 e. The van der Waals surface area contributed by atoms with E-state index in [0.717, 1.165) is 3.58 Å². The first-order valence-corrected chi connectivity index (χ1v) is 2.55. The SMILES string of the molecule is O=C1NC=C1I. The molecule has 0 radical (unpaired) electrons. The molecule has 0 bridgehead atoms. The van der Waals surface area contributed by atoms with E-state index in [-0.39, 0.29) is 5.91 Å². The van der Waals surface area contributed by atoms with E-state index >= 15 is 0 Å². The van der Waals surface area contributed by atoms with E-state index in [0.29, 0.717) is 0 Å². The van der Waals surface area contributed by atoms with Crippen molar-refractivity contribution in [1.29, 1.82) is 0 Å². The molecule has 0 aromatic heterocycles. The van der Waals surface area contributed by atoms with Crippen LogP contribution in [0.1, 0.15) is 0 Å². The van der Waals surface area contributed by atoms with E-state index in [4.69, 9.17) is 0 Å². The summed E-state index contributed by atoms with van der Waals surface area (Å²) < 4.78 is 0.785. The van der Waals surface area contributed by atoms with Gasteiger partial charge in [0.15, 0.2) is 0 Å². The van der Waals surface area contributed by atoms with Crippen LogP contribution in [0.3, 0.4) is 0 Å². The fraction of sp³-hybridized carbons (Fsp3) is 0. The molecule has 1 amide bonds. The van der Waals surface area contributed by atoms with Gasteiger partial charge in [0.25, 0.3) is 5.91 Å². The molecule has 1 aliphatic heterocycles. The Bertz CT molecular complexity index is 118. The van der Waals surface area contributed by atoms with Crippen molar-refractivity contribution < 1.29 is 4.79 Å². The summed E-state index contributed by atoms with van der Waals surface area (Å²) >= 11 is 1.97. The van der Waals surface area contributed by atoms with E-state index in [9.17, 15) is 4.79 Å². The molecule has 32 valence electrons. The van der Waals surface area contributed by atoms with Gasteiger partial charge in [0, 0.05) is 6.20 Å². The highest BCUT2D eigenvalue weighted by molar-refractivity contribution is 14.1. The van der Waals surface area contributed by atoms with Gasteiger partial charge in [-0.1, -0.05) is 0 Å². The second kappa shape index (κ2) is 1.22. The third kappa shape index (κ3) is 0.426. The first-order valence-electron chi connectivity index (χ1n) is 1.47. The molecule has 0 aliphatic carbocycles. The summed E-state index contributed by atoms with van der Waals surface area (Å²) in [5.74, 6) is 0.0376. The summed E-state index contributed by atoms with van der Waals surface area (Å²) in [6.45, 7) is 0. The van der Waals surface area contributed by atoms with Crippen LogP contribution in [0.5, 0.6) is 0 Å². The lowest BCUT2D eigenvalue weighted by atomic mass is 10.4. The van der Waals surface area contributed by atoms with Crippen LogP contribution in [-0.2, 0) is 4.79 Å². The van der Waals surface area contributed by atoms with Crippen molar-refractivity contribution >= 4 is 28.5 Å². The number of amides is 1. The molecule has 0 fully saturated rings. The van der Waals surface area contributed by atoms with Gasteiger partial charge in [-0.2, -0.15) is 0 Å². The average molecular weight is 195 g/mol. The minimum Gasteiger partial charge on any atom is -0.327 e. The Kier molecular flexibility index (Phi) is 0.833. The highest BCUT2D eigenvalue weighted by Crippen LogP contribution is 2.09. The van der Waals surface area contributed by atoms with Gasteiger partial charge in [-0.25, -0.2) is 0 Å². The molecule has 0 atom stereocenters. The molecule has 0 aromatic carbocycles. The van der Waals surface area contributed by atoms with Crippen LogP contribution in [0.2, 0.25) is 0 Å². The number of nitrogens with one attached hydrogen (secondary N) is 1. The lowest BCUT2D eigenvalue weighted by molar-refractivity contribution is -0.117. The van der Waals surface area contributed by atoms with Gasteiger partial charge in [-0.05, 0) is 22.6 Å². The van der Waals surface area contributed by atoms with Crippen molar-refractivity contribution in [1.82, 2.24) is 5.32 Å². The maximum absolute atomic E-state index is 10.0. The Labute approximate surface area is 48.7 Å². The Morgan fingerprint density at radius 3 is 2.33 bits per heavy atom. The number of hydrogen-bond donors (Lipinski definition) is 1. The number of carbonyl (C=O) groups is 1. The first-order chi connectivity index (χ1) is 2.80. The van der Waals surface area contributed by atoms with Crippen LogP contribution < -0.4 is 5.32 Å². The van der Waals surface area contributed by atoms with Crippen molar-refractivity contribution in [2.24, 2.45) is 0 Å². The number of halogens is 1. The van der Waals surface area contributed by atoms with Gasteiger partial charge in [-0.15, -0.1) is 0 Å². The molecule has 0 saturated carbocycles. The smallest absolute Gasteiger partial charge is 0.262 e. The molecule has 0 spiro atoms. The molecule has 1 N–H and O–H groups in total. The largest absolute Gasteiger partial charge is 0.327 e. The Morgan fingerprint density at radius 1 is 1.83 bits per heavy atom. The Balaban J connectivity index is 2.75. The molecule has 0 saturated heterocycles. The molecule has 2 nitrogen and oxygen atoms in total. The second-order valence-corrected chi connectivity index (χ2v) is 2.13. The summed E-state index contributed by atoms with van der Waals surface area (Å²) in [5.41, 5.74) is 0. The van der Waals surface area contributed by atoms with Crippen LogP contribution in [0.4, 0.5) is 0 Å². The highest BCUT2D eigenvalue weighted by Gasteiger charge is 2.10. The van der Waals surface area contributed by atoms with Crippen molar-refractivity contribution in [2.75, 3.05) is 0 Å². The van der Waals surface area contributed by atoms with Crippen molar-refractivity contribution in [3.8, 4) is 0 Å². The number of hydrogen-bond acceptors (Lipinski definition) is 1. The monoisotopic (exact) mass is 195 g/mol. The predicted octanol–water partition coefficient (Wildman–Crippen LogP) is 0.393. The predicted molar refractivity (Wildman–Crippen MR) is 30.2 cm³/mol. The molecular weight excluding hydrogens is 193 g/mol. The zero-order valence-corrected chi connectivity index (χ0v) is 5.02. The third-order valence-corrected chi connectivity index (χ3v) is 1.35. The van der Waals surface area contributed by atoms with Gasteiger partial charge < -0.3 is 5.32 Å². The lowest BCUT2D eigenvalue weighted by Gasteiger charge is -2.05. The van der Waals surface area contributed by atoms with Gasteiger partial charge in [0.2, 0.25) is 0 Å². The summed E-state index contributed by atoms with van der Waals surface area (Å²) in [6.07, 6.45) is 1.67. The minimum absolute atomic E-state index is 0.0376. The number of rotatable bonds is 0. The average Bonchev–Trinajstić information content (AvgIpc) is 1.61. The third-order valence-electron chi connectivity index (χ3n) is 0.547. The quantitative estimate of drug-likeness (QED) is 0.556. The van der Waals surface area contributed by atoms with Gasteiger partial charge in [0.1, 0.15) is 0 Å². The maximum atomic E-state index is 10.0. The number of carbonyl (C=O) groups excluding carboxylic acids is 1. The van der Waals surface area contributed by atoms with E-state index < -0.39 is 0 Å². The molecule has 1 heterocycles. The standard InChI is InChI=1S/C3H2INO/c4-2-1-5-3(2)6/h1H,(H,5,6). The molecule has 6 heavy (non-hydrogen) atoms. The molecule has 1 aliphatic rings. The van der Waals surface area contributed by atoms with Crippen LogP contribution in [-0.4, -0.2) is 5.91 Å². The van der Waals surface area contributed by atoms with E-state index in [1.807, 2.05) is 22.6 Å². The normalized spacial score (nSPS) is 18.2. The fourth-order valence-electron chi connectivity index (χ4n) is 0.186. The van der Waals surface area contributed by atoms with Crippen LogP contribution in [0, 0.1) is 0 Å². The Hall–Kier alpha value is -0.0600. The lowest BCUT2D eigenvalue weighted by Crippen LogP contribution is -2.26. The summed E-state index contributed by atoms with van der Waals surface area (Å²) in [4.78, 5) is 10.0. The van der Waals surface area contributed by atoms with Gasteiger partial charge in [0.05, 0.1) is 3.58 Å². The zero-order valence-electron chi connectivity index (χ0n) is 2.86. The molecule has 0 unspecified atom stereocenters. The van der Waals surface area contributed by atoms with Crippen LogP contribution in [0.25, 0.3) is 0 Å². The minimum atomic E-state index is 0.0376. The zero-order chi connectivity index (χ0) is 4.57. The summed E-state index contributed by atoms with van der Waals surface area (Å²) in [7, 11) is 0. The highest BCUT2D eigenvalue weighted by atomic mass is 127. The van der Waals surface area contributed by atoms with Crippen LogP contribution in [0.15, 0.2) is 9.78 Å². The second-order valence-electron chi connectivity index (χ2n) is 0.966. The summed E-state index contributed by atoms with van der Waals surface area (Å²) in [5, 5.41) is 2.45. The molecule has 1 rings (SSSR count). The van der Waals surface area contributed by atoms with Gasteiger partial charge in [-0.3, -0.25) is 4.79 Å². The van der Waals surface area contributed by atoms with Gasteiger partial charge >= 0.3 is 0 Å². The first kappa shape index (κ1) is 4.11. The molecule has 3 heteroatoms. The van der Waals surface area contributed by atoms with Crippen molar-refractivity contribution in [3.63, 3.8) is 0 Å². The molecule has 0 aromatic rings. The fourth-order valence-corrected chi connectivity index (χ4v) is 0.497. The van der Waals surface area contributed by atoms with Crippen molar-refractivity contribution in [2.45, 2.75) is 0 Å². The molecular formula is C3H2INO. The van der Waals surface area contributed by atoms with E-state index in [1.165, 1.54) is 0 Å². The summed E-state index contributed by atoms with van der Waals surface area (Å²) in [6, 6.07) is 0.